The maximum atomic E-state index is 11.3. The van der Waals surface area contributed by atoms with E-state index in [0.29, 0.717) is 6.61 Å². The Labute approximate surface area is 97.3 Å². The van der Waals surface area contributed by atoms with E-state index in [4.69, 9.17) is 4.84 Å². The van der Waals surface area contributed by atoms with Crippen molar-refractivity contribution in [3.63, 3.8) is 0 Å². The van der Waals surface area contributed by atoms with Crippen LogP contribution in [0, 0.1) is 0 Å². The van der Waals surface area contributed by atoms with Crippen molar-refractivity contribution in [3.05, 3.63) is 42.2 Å². The molecule has 7 nitrogen and oxygen atoms in total. The van der Waals surface area contributed by atoms with E-state index in [9.17, 15) is 4.79 Å². The van der Waals surface area contributed by atoms with Gasteiger partial charge in [-0.2, -0.15) is 0 Å². The molecule has 1 N–H and O–H groups in total. The van der Waals surface area contributed by atoms with Gasteiger partial charge in [0.25, 0.3) is 5.91 Å². The van der Waals surface area contributed by atoms with Crippen LogP contribution in [-0.2, 0) is 22.8 Å². The summed E-state index contributed by atoms with van der Waals surface area (Å²) in [6.07, 6.45) is 1.36. The minimum absolute atomic E-state index is 0.0296. The van der Waals surface area contributed by atoms with E-state index in [-0.39, 0.29) is 12.5 Å². The SMILES string of the molecule is O=C(Cn1cnnn1)NOCc1ccccc1. The topological polar surface area (TPSA) is 81.9 Å². The third-order valence-corrected chi connectivity index (χ3v) is 1.96. The molecule has 0 aliphatic rings. The van der Waals surface area contributed by atoms with E-state index in [1.54, 1.807) is 0 Å². The van der Waals surface area contributed by atoms with Crippen LogP contribution in [0.5, 0.6) is 0 Å². The zero-order valence-electron chi connectivity index (χ0n) is 8.98. The fourth-order valence-electron chi connectivity index (χ4n) is 1.21. The zero-order valence-corrected chi connectivity index (χ0v) is 8.98. The van der Waals surface area contributed by atoms with E-state index in [1.165, 1.54) is 11.0 Å². The average Bonchev–Trinajstić information content (AvgIpc) is 2.83. The molecule has 0 saturated heterocycles. The number of amides is 1. The van der Waals surface area contributed by atoms with Crippen molar-refractivity contribution in [1.29, 1.82) is 0 Å². The summed E-state index contributed by atoms with van der Waals surface area (Å²) in [5.74, 6) is -0.312. The molecule has 2 rings (SSSR count). The van der Waals surface area contributed by atoms with Crippen LogP contribution < -0.4 is 5.48 Å². The van der Waals surface area contributed by atoms with Gasteiger partial charge in [0.15, 0.2) is 0 Å². The van der Waals surface area contributed by atoms with Gasteiger partial charge in [0, 0.05) is 0 Å². The first-order valence-corrected chi connectivity index (χ1v) is 5.00. The van der Waals surface area contributed by atoms with Crippen LogP contribution in [0.3, 0.4) is 0 Å². The van der Waals surface area contributed by atoms with Crippen molar-refractivity contribution in [3.8, 4) is 0 Å². The number of carbonyl (C=O) groups excluding carboxylic acids is 1. The fraction of sp³-hybridized carbons (Fsp3) is 0.200. The van der Waals surface area contributed by atoms with Crippen molar-refractivity contribution in [2.24, 2.45) is 0 Å². The Bertz CT molecular complexity index is 457. The molecule has 0 saturated carbocycles. The molecule has 1 aromatic carbocycles. The van der Waals surface area contributed by atoms with E-state index in [1.807, 2.05) is 30.3 Å². The van der Waals surface area contributed by atoms with Gasteiger partial charge in [-0.05, 0) is 16.0 Å². The van der Waals surface area contributed by atoms with Gasteiger partial charge in [-0.1, -0.05) is 30.3 Å². The summed E-state index contributed by atoms with van der Waals surface area (Å²) in [7, 11) is 0. The summed E-state index contributed by atoms with van der Waals surface area (Å²) in [4.78, 5) is 16.4. The Morgan fingerprint density at radius 1 is 1.35 bits per heavy atom. The van der Waals surface area contributed by atoms with Crippen molar-refractivity contribution in [2.75, 3.05) is 0 Å². The number of hydroxylamine groups is 1. The molecule has 0 aliphatic heterocycles. The van der Waals surface area contributed by atoms with Crippen LogP contribution in [0.25, 0.3) is 0 Å². The molecule has 0 atom stereocenters. The van der Waals surface area contributed by atoms with Crippen LogP contribution in [0.15, 0.2) is 36.7 Å². The lowest BCUT2D eigenvalue weighted by Crippen LogP contribution is -2.27. The largest absolute Gasteiger partial charge is 0.271 e. The molecule has 2 aromatic rings. The van der Waals surface area contributed by atoms with Gasteiger partial charge in [0.2, 0.25) is 0 Å². The van der Waals surface area contributed by atoms with Gasteiger partial charge >= 0.3 is 0 Å². The van der Waals surface area contributed by atoms with Crippen molar-refractivity contribution >= 4 is 5.91 Å². The van der Waals surface area contributed by atoms with Gasteiger partial charge in [0.1, 0.15) is 12.9 Å². The standard InChI is InChI=1S/C10H11N5O2/c16-10(6-15-8-11-13-14-15)12-17-7-9-4-2-1-3-5-9/h1-5,8H,6-7H2,(H,12,16). The molecule has 0 fully saturated rings. The Balaban J connectivity index is 1.70. The molecule has 0 radical (unpaired) electrons. The number of nitrogens with one attached hydrogen (secondary N) is 1. The predicted octanol–water partition coefficient (Wildman–Crippen LogP) is -0.0789. The third kappa shape index (κ3) is 3.65. The molecular weight excluding hydrogens is 222 g/mol. The average molecular weight is 233 g/mol. The quantitative estimate of drug-likeness (QED) is 0.730. The highest BCUT2D eigenvalue weighted by Crippen LogP contribution is 1.98. The molecule has 0 spiro atoms. The van der Waals surface area contributed by atoms with Gasteiger partial charge in [-0.3, -0.25) is 9.63 Å². The normalized spacial score (nSPS) is 10.1. The Morgan fingerprint density at radius 2 is 2.18 bits per heavy atom. The van der Waals surface area contributed by atoms with Crippen molar-refractivity contribution in [1.82, 2.24) is 25.7 Å². The van der Waals surface area contributed by atoms with E-state index in [0.717, 1.165) is 5.56 Å². The number of hydrogen-bond acceptors (Lipinski definition) is 5. The Morgan fingerprint density at radius 3 is 2.88 bits per heavy atom. The molecule has 88 valence electrons. The summed E-state index contributed by atoms with van der Waals surface area (Å²) < 4.78 is 1.31. The lowest BCUT2D eigenvalue weighted by Gasteiger charge is -2.05. The molecule has 17 heavy (non-hydrogen) atoms. The summed E-state index contributed by atoms with van der Waals surface area (Å²) in [5.41, 5.74) is 3.30. The van der Waals surface area contributed by atoms with Gasteiger partial charge in [-0.25, -0.2) is 10.2 Å². The second-order valence-corrected chi connectivity index (χ2v) is 3.31. The third-order valence-electron chi connectivity index (χ3n) is 1.96. The molecule has 0 bridgehead atoms. The number of hydrogen-bond donors (Lipinski definition) is 1. The van der Waals surface area contributed by atoms with Crippen LogP contribution >= 0.6 is 0 Å². The molecule has 1 amide bonds. The van der Waals surface area contributed by atoms with Gasteiger partial charge in [0.05, 0.1) is 6.61 Å². The first-order valence-electron chi connectivity index (χ1n) is 5.00. The minimum Gasteiger partial charge on any atom is -0.271 e. The highest BCUT2D eigenvalue weighted by molar-refractivity contribution is 5.74. The summed E-state index contributed by atoms with van der Waals surface area (Å²) in [5, 5.41) is 10.4. The molecular formula is C10H11N5O2. The monoisotopic (exact) mass is 233 g/mol. The highest BCUT2D eigenvalue weighted by Gasteiger charge is 2.03. The minimum atomic E-state index is -0.312. The lowest BCUT2D eigenvalue weighted by atomic mass is 10.2. The van der Waals surface area contributed by atoms with Crippen molar-refractivity contribution < 1.29 is 9.63 Å². The van der Waals surface area contributed by atoms with Crippen LogP contribution in [0.4, 0.5) is 0 Å². The maximum Gasteiger partial charge on any atom is 0.265 e. The fourth-order valence-corrected chi connectivity index (χ4v) is 1.21. The Kier molecular flexibility index (Phi) is 3.77. The second-order valence-electron chi connectivity index (χ2n) is 3.31. The maximum absolute atomic E-state index is 11.3. The number of rotatable bonds is 5. The highest BCUT2D eigenvalue weighted by atomic mass is 16.6. The van der Waals surface area contributed by atoms with Crippen LogP contribution in [0.1, 0.15) is 5.56 Å². The Hall–Kier alpha value is -2.28. The molecule has 0 aliphatic carbocycles. The first kappa shape index (κ1) is 11.2. The summed E-state index contributed by atoms with van der Waals surface area (Å²) in [6.45, 7) is 0.351. The van der Waals surface area contributed by atoms with E-state index >= 15 is 0 Å². The van der Waals surface area contributed by atoms with Gasteiger partial charge < -0.3 is 0 Å². The van der Waals surface area contributed by atoms with E-state index < -0.39 is 0 Å². The number of benzene rings is 1. The second kappa shape index (κ2) is 5.71. The van der Waals surface area contributed by atoms with Crippen LogP contribution in [0.2, 0.25) is 0 Å². The summed E-state index contributed by atoms with van der Waals surface area (Å²) in [6, 6.07) is 9.55. The smallest absolute Gasteiger partial charge is 0.265 e. The van der Waals surface area contributed by atoms with Crippen molar-refractivity contribution in [2.45, 2.75) is 13.2 Å². The number of aromatic nitrogens is 4. The number of tetrazole rings is 1. The van der Waals surface area contributed by atoms with Crippen LogP contribution in [-0.4, -0.2) is 26.1 Å². The first-order chi connectivity index (χ1) is 8.34. The molecule has 1 heterocycles. The summed E-state index contributed by atoms with van der Waals surface area (Å²) >= 11 is 0. The number of carbonyl (C=O) groups is 1. The lowest BCUT2D eigenvalue weighted by molar-refractivity contribution is -0.135. The molecule has 7 heteroatoms. The van der Waals surface area contributed by atoms with Gasteiger partial charge in [-0.15, -0.1) is 5.10 Å². The zero-order chi connectivity index (χ0) is 11.9. The molecule has 0 unspecified atom stereocenters. The molecule has 1 aromatic heterocycles. The number of nitrogens with zero attached hydrogens (tertiary/aromatic N) is 4. The van der Waals surface area contributed by atoms with E-state index in [2.05, 4.69) is 21.0 Å². The predicted molar refractivity (Wildman–Crippen MR) is 57.2 cm³/mol.